The van der Waals surface area contributed by atoms with Crippen LogP contribution in [0.25, 0.3) is 5.76 Å². The normalized spacial score (nSPS) is 17.6. The van der Waals surface area contributed by atoms with Crippen LogP contribution >= 0.6 is 11.6 Å². The number of hydrogen-bond donors (Lipinski definition) is 1. The average Bonchev–Trinajstić information content (AvgIpc) is 3.06. The fraction of sp³-hybridized carbons (Fsp3) is 0.0833. The van der Waals surface area contributed by atoms with Crippen LogP contribution in [-0.4, -0.2) is 23.9 Å². The number of carbonyl (C=O) groups excluding carboxylic acids is 2. The minimum atomic E-state index is -1.10. The van der Waals surface area contributed by atoms with Gasteiger partial charge in [-0.15, -0.1) is 0 Å². The van der Waals surface area contributed by atoms with Crippen LogP contribution in [0.15, 0.2) is 72.3 Å². The fourth-order valence-corrected chi connectivity index (χ4v) is 3.86. The molecular formula is C24H16ClF2NO4. The first-order valence-electron chi connectivity index (χ1n) is 9.48. The molecule has 0 saturated carbocycles. The predicted octanol–water partition coefficient (Wildman–Crippen LogP) is 5.25. The Morgan fingerprint density at radius 3 is 2.38 bits per heavy atom. The summed E-state index contributed by atoms with van der Waals surface area (Å²) in [5, 5.41) is 10.8. The summed E-state index contributed by atoms with van der Waals surface area (Å²) in [6, 6.07) is 14.1. The van der Waals surface area contributed by atoms with Crippen molar-refractivity contribution in [3.63, 3.8) is 0 Å². The zero-order valence-electron chi connectivity index (χ0n) is 16.7. The van der Waals surface area contributed by atoms with Crippen LogP contribution in [0.5, 0.6) is 5.75 Å². The SMILES string of the molecule is COc1ccccc1C1/C(=C(\O)c2ccc(F)cc2)C(=O)C(=O)N1c1ccc(F)c(Cl)c1. The smallest absolute Gasteiger partial charge is 0.300 e. The Morgan fingerprint density at radius 2 is 1.72 bits per heavy atom. The summed E-state index contributed by atoms with van der Waals surface area (Å²) in [5.41, 5.74) is 0.513. The summed E-state index contributed by atoms with van der Waals surface area (Å²) in [4.78, 5) is 27.3. The number of anilines is 1. The van der Waals surface area contributed by atoms with Gasteiger partial charge in [-0.25, -0.2) is 8.78 Å². The molecule has 1 N–H and O–H groups in total. The number of rotatable bonds is 4. The highest BCUT2D eigenvalue weighted by Crippen LogP contribution is 2.45. The van der Waals surface area contributed by atoms with Crippen LogP contribution in [0.1, 0.15) is 17.2 Å². The molecule has 0 bridgehead atoms. The van der Waals surface area contributed by atoms with Crippen molar-refractivity contribution < 1.29 is 28.2 Å². The molecule has 32 heavy (non-hydrogen) atoms. The van der Waals surface area contributed by atoms with E-state index in [0.717, 1.165) is 23.1 Å². The van der Waals surface area contributed by atoms with Crippen LogP contribution in [0, 0.1) is 11.6 Å². The highest BCUT2D eigenvalue weighted by atomic mass is 35.5. The topological polar surface area (TPSA) is 66.8 Å². The largest absolute Gasteiger partial charge is 0.507 e. The van der Waals surface area contributed by atoms with Crippen molar-refractivity contribution in [1.29, 1.82) is 0 Å². The molecule has 1 aliphatic rings. The van der Waals surface area contributed by atoms with Gasteiger partial charge in [0, 0.05) is 16.8 Å². The molecule has 162 valence electrons. The summed E-state index contributed by atoms with van der Waals surface area (Å²) in [7, 11) is 1.43. The molecule has 3 aromatic rings. The third-order valence-electron chi connectivity index (χ3n) is 5.18. The van der Waals surface area contributed by atoms with Crippen molar-refractivity contribution in [2.75, 3.05) is 12.0 Å². The molecule has 0 aromatic heterocycles. The Kier molecular flexibility index (Phi) is 5.67. The van der Waals surface area contributed by atoms with Crippen molar-refractivity contribution in [3.05, 3.63) is 100 Å². The number of nitrogens with zero attached hydrogens (tertiary/aromatic N) is 1. The third-order valence-corrected chi connectivity index (χ3v) is 5.47. The first kappa shape index (κ1) is 21.5. The van der Waals surface area contributed by atoms with Crippen molar-refractivity contribution >= 4 is 34.7 Å². The number of methoxy groups -OCH3 is 1. The third kappa shape index (κ3) is 3.61. The maximum atomic E-state index is 13.8. The van der Waals surface area contributed by atoms with Gasteiger partial charge in [0.1, 0.15) is 23.1 Å². The van der Waals surface area contributed by atoms with E-state index in [-0.39, 0.29) is 21.8 Å². The molecule has 5 nitrogen and oxygen atoms in total. The van der Waals surface area contributed by atoms with E-state index in [4.69, 9.17) is 16.3 Å². The first-order valence-corrected chi connectivity index (χ1v) is 9.86. The molecular weight excluding hydrogens is 440 g/mol. The standard InChI is InChI=1S/C24H16ClF2NO4/c1-32-19-5-3-2-4-16(19)21-20(22(29)13-6-8-14(26)9-7-13)23(30)24(31)28(21)15-10-11-18(27)17(25)12-15/h2-12,21,29H,1H3/b22-20+. The zero-order valence-corrected chi connectivity index (χ0v) is 17.4. The van der Waals surface area contributed by atoms with Crippen LogP contribution in [-0.2, 0) is 9.59 Å². The molecule has 4 rings (SSSR count). The lowest BCUT2D eigenvalue weighted by Gasteiger charge is -2.26. The number of Topliss-reactive ketones (excluding diaryl/α,β-unsaturated/α-hetero) is 1. The van der Waals surface area contributed by atoms with Crippen molar-refractivity contribution in [2.24, 2.45) is 0 Å². The van der Waals surface area contributed by atoms with Gasteiger partial charge in [0.25, 0.3) is 11.7 Å². The molecule has 1 fully saturated rings. The molecule has 1 aliphatic heterocycles. The van der Waals surface area contributed by atoms with Gasteiger partial charge in [0.15, 0.2) is 0 Å². The number of ketones is 1. The van der Waals surface area contributed by atoms with E-state index in [9.17, 15) is 23.5 Å². The Balaban J connectivity index is 1.99. The molecule has 1 heterocycles. The number of benzene rings is 3. The van der Waals surface area contributed by atoms with Gasteiger partial charge in [-0.3, -0.25) is 14.5 Å². The lowest BCUT2D eigenvalue weighted by molar-refractivity contribution is -0.132. The number of carbonyl (C=O) groups is 2. The summed E-state index contributed by atoms with van der Waals surface area (Å²) >= 11 is 5.92. The van der Waals surface area contributed by atoms with Gasteiger partial charge >= 0.3 is 0 Å². The second-order valence-corrected chi connectivity index (χ2v) is 7.42. The summed E-state index contributed by atoms with van der Waals surface area (Å²) in [6.07, 6.45) is 0. The molecule has 0 radical (unpaired) electrons. The summed E-state index contributed by atoms with van der Waals surface area (Å²) in [5.74, 6) is -3.22. The van der Waals surface area contributed by atoms with Gasteiger partial charge in [-0.05, 0) is 48.5 Å². The molecule has 1 amide bonds. The molecule has 0 aliphatic carbocycles. The minimum absolute atomic E-state index is 0.154. The fourth-order valence-electron chi connectivity index (χ4n) is 3.68. The zero-order chi connectivity index (χ0) is 23.0. The second kappa shape index (κ2) is 8.43. The minimum Gasteiger partial charge on any atom is -0.507 e. The number of ether oxygens (including phenoxy) is 1. The molecule has 0 spiro atoms. The maximum Gasteiger partial charge on any atom is 0.300 e. The van der Waals surface area contributed by atoms with Crippen molar-refractivity contribution in [1.82, 2.24) is 0 Å². The van der Waals surface area contributed by atoms with Crippen molar-refractivity contribution in [2.45, 2.75) is 6.04 Å². The van der Waals surface area contributed by atoms with Gasteiger partial charge in [-0.1, -0.05) is 29.8 Å². The second-order valence-electron chi connectivity index (χ2n) is 7.02. The number of amides is 1. The number of halogens is 3. The van der Waals surface area contributed by atoms with E-state index in [1.165, 1.54) is 31.4 Å². The Morgan fingerprint density at radius 1 is 1.03 bits per heavy atom. The monoisotopic (exact) mass is 455 g/mol. The van der Waals surface area contributed by atoms with E-state index in [1.807, 2.05) is 0 Å². The van der Waals surface area contributed by atoms with Crippen molar-refractivity contribution in [3.8, 4) is 5.75 Å². The van der Waals surface area contributed by atoms with E-state index >= 15 is 0 Å². The Labute approximate surface area is 187 Å². The number of aliphatic hydroxyl groups is 1. The predicted molar refractivity (Wildman–Crippen MR) is 116 cm³/mol. The number of hydrogen-bond acceptors (Lipinski definition) is 4. The molecule has 3 aromatic carbocycles. The summed E-state index contributed by atoms with van der Waals surface area (Å²) < 4.78 is 32.5. The lowest BCUT2D eigenvalue weighted by atomic mass is 9.94. The summed E-state index contributed by atoms with van der Waals surface area (Å²) in [6.45, 7) is 0. The van der Waals surface area contributed by atoms with Crippen LogP contribution in [0.2, 0.25) is 5.02 Å². The Bertz CT molecular complexity index is 1260. The molecule has 1 unspecified atom stereocenters. The molecule has 8 heteroatoms. The number of para-hydroxylation sites is 1. The van der Waals surface area contributed by atoms with Gasteiger partial charge in [0.05, 0.1) is 23.7 Å². The highest BCUT2D eigenvalue weighted by Gasteiger charge is 2.48. The lowest BCUT2D eigenvalue weighted by Crippen LogP contribution is -2.29. The van der Waals surface area contributed by atoms with E-state index < -0.39 is 35.1 Å². The van der Waals surface area contributed by atoms with Gasteiger partial charge < -0.3 is 9.84 Å². The number of aliphatic hydroxyl groups excluding tert-OH is 1. The average molecular weight is 456 g/mol. The van der Waals surface area contributed by atoms with E-state index in [2.05, 4.69) is 0 Å². The van der Waals surface area contributed by atoms with Crippen LogP contribution < -0.4 is 9.64 Å². The van der Waals surface area contributed by atoms with Gasteiger partial charge in [-0.2, -0.15) is 0 Å². The van der Waals surface area contributed by atoms with Crippen LogP contribution in [0.3, 0.4) is 0 Å². The maximum absolute atomic E-state index is 13.8. The van der Waals surface area contributed by atoms with E-state index in [0.29, 0.717) is 11.3 Å². The Hall–Kier alpha value is -3.71. The highest BCUT2D eigenvalue weighted by molar-refractivity contribution is 6.51. The van der Waals surface area contributed by atoms with Gasteiger partial charge in [0.2, 0.25) is 0 Å². The van der Waals surface area contributed by atoms with E-state index in [1.54, 1.807) is 24.3 Å². The quantitative estimate of drug-likeness (QED) is 0.331. The molecule has 1 saturated heterocycles. The first-order chi connectivity index (χ1) is 15.3. The molecule has 1 atom stereocenters. The van der Waals surface area contributed by atoms with Crippen LogP contribution in [0.4, 0.5) is 14.5 Å².